The van der Waals surface area contributed by atoms with Gasteiger partial charge in [0.25, 0.3) is 0 Å². The number of aromatic amines is 1. The van der Waals surface area contributed by atoms with Crippen molar-refractivity contribution in [1.82, 2.24) is 15.1 Å². The Morgan fingerprint density at radius 3 is 3.00 bits per heavy atom. The number of hydrogen-bond acceptors (Lipinski definition) is 3. The predicted octanol–water partition coefficient (Wildman–Crippen LogP) is 0.726. The minimum absolute atomic E-state index is 0.0829. The number of aromatic nitrogens is 2. The number of carbonyl (C=O) groups is 2. The summed E-state index contributed by atoms with van der Waals surface area (Å²) in [5.74, 6) is -0.985. The Morgan fingerprint density at radius 1 is 1.61 bits per heavy atom. The molecule has 1 aliphatic rings. The molecule has 6 nitrogen and oxygen atoms in total. The third-order valence-corrected chi connectivity index (χ3v) is 3.40. The van der Waals surface area contributed by atoms with Crippen LogP contribution in [0.1, 0.15) is 30.5 Å². The van der Waals surface area contributed by atoms with Crippen molar-refractivity contribution in [2.45, 2.75) is 38.6 Å². The van der Waals surface area contributed by atoms with Crippen molar-refractivity contribution in [1.29, 1.82) is 0 Å². The van der Waals surface area contributed by atoms with E-state index >= 15 is 0 Å². The lowest BCUT2D eigenvalue weighted by Gasteiger charge is -2.21. The molecule has 0 bridgehead atoms. The van der Waals surface area contributed by atoms with Crippen LogP contribution in [0, 0.1) is 6.92 Å². The first-order chi connectivity index (χ1) is 8.59. The Labute approximate surface area is 105 Å². The SMILES string of the molecule is Cc1[nH]ncc1CCC(=O)N1CCC[C@H]1C(=O)O. The maximum Gasteiger partial charge on any atom is 0.326 e. The van der Waals surface area contributed by atoms with Crippen LogP contribution in [0.5, 0.6) is 0 Å². The summed E-state index contributed by atoms with van der Waals surface area (Å²) in [5, 5.41) is 15.7. The summed E-state index contributed by atoms with van der Waals surface area (Å²) in [6.45, 7) is 2.46. The molecule has 0 spiro atoms. The van der Waals surface area contributed by atoms with Crippen LogP contribution in [0.2, 0.25) is 0 Å². The number of aryl methyl sites for hydroxylation is 2. The molecule has 1 amide bonds. The van der Waals surface area contributed by atoms with Gasteiger partial charge < -0.3 is 10.0 Å². The fraction of sp³-hybridized carbons (Fsp3) is 0.583. The van der Waals surface area contributed by atoms with Gasteiger partial charge in [-0.25, -0.2) is 4.79 Å². The molecule has 98 valence electrons. The lowest BCUT2D eigenvalue weighted by Crippen LogP contribution is -2.40. The first-order valence-electron chi connectivity index (χ1n) is 6.10. The maximum absolute atomic E-state index is 12.0. The van der Waals surface area contributed by atoms with Crippen molar-refractivity contribution in [3.05, 3.63) is 17.5 Å². The van der Waals surface area contributed by atoms with Gasteiger partial charge in [0.05, 0.1) is 6.20 Å². The van der Waals surface area contributed by atoms with E-state index in [1.807, 2.05) is 6.92 Å². The Balaban J connectivity index is 1.92. The topological polar surface area (TPSA) is 86.3 Å². The zero-order valence-corrected chi connectivity index (χ0v) is 10.3. The van der Waals surface area contributed by atoms with E-state index in [-0.39, 0.29) is 5.91 Å². The molecule has 1 fully saturated rings. The van der Waals surface area contributed by atoms with Crippen LogP contribution in [0.15, 0.2) is 6.20 Å². The summed E-state index contributed by atoms with van der Waals surface area (Å²) < 4.78 is 0. The minimum Gasteiger partial charge on any atom is -0.480 e. The summed E-state index contributed by atoms with van der Waals surface area (Å²) >= 11 is 0. The Hall–Kier alpha value is -1.85. The largest absolute Gasteiger partial charge is 0.480 e. The summed E-state index contributed by atoms with van der Waals surface area (Å²) in [6.07, 6.45) is 3.98. The van der Waals surface area contributed by atoms with Crippen molar-refractivity contribution in [2.24, 2.45) is 0 Å². The molecule has 1 aromatic heterocycles. The third kappa shape index (κ3) is 2.52. The lowest BCUT2D eigenvalue weighted by molar-refractivity contribution is -0.148. The van der Waals surface area contributed by atoms with Crippen LogP contribution in [-0.2, 0) is 16.0 Å². The number of likely N-dealkylation sites (tertiary alicyclic amines) is 1. The molecule has 2 heterocycles. The molecule has 0 radical (unpaired) electrons. The first-order valence-corrected chi connectivity index (χ1v) is 6.10. The number of carboxylic acid groups (broad SMARTS) is 1. The molecule has 6 heteroatoms. The molecule has 1 aliphatic heterocycles. The highest BCUT2D eigenvalue weighted by Gasteiger charge is 2.33. The molecular weight excluding hydrogens is 234 g/mol. The van der Waals surface area contributed by atoms with Gasteiger partial charge in [0.15, 0.2) is 0 Å². The van der Waals surface area contributed by atoms with Gasteiger partial charge in [0, 0.05) is 18.7 Å². The molecule has 1 aromatic rings. The fourth-order valence-corrected chi connectivity index (χ4v) is 2.33. The smallest absolute Gasteiger partial charge is 0.326 e. The molecule has 0 aromatic carbocycles. The van der Waals surface area contributed by atoms with Crippen LogP contribution in [0.25, 0.3) is 0 Å². The van der Waals surface area contributed by atoms with Gasteiger partial charge in [-0.2, -0.15) is 5.10 Å². The molecule has 0 saturated carbocycles. The molecule has 1 atom stereocenters. The van der Waals surface area contributed by atoms with Crippen LogP contribution < -0.4 is 0 Å². The second kappa shape index (κ2) is 5.20. The van der Waals surface area contributed by atoms with Gasteiger partial charge in [0.1, 0.15) is 6.04 Å². The number of carbonyl (C=O) groups excluding carboxylic acids is 1. The quantitative estimate of drug-likeness (QED) is 0.825. The average Bonchev–Trinajstić information content (AvgIpc) is 2.94. The number of hydrogen-bond donors (Lipinski definition) is 2. The number of amides is 1. The van der Waals surface area contributed by atoms with E-state index in [1.54, 1.807) is 6.20 Å². The van der Waals surface area contributed by atoms with Crippen molar-refractivity contribution in [2.75, 3.05) is 6.54 Å². The molecule has 2 rings (SSSR count). The van der Waals surface area contributed by atoms with E-state index in [9.17, 15) is 9.59 Å². The van der Waals surface area contributed by atoms with E-state index in [0.717, 1.165) is 17.7 Å². The number of H-pyrrole nitrogens is 1. The highest BCUT2D eigenvalue weighted by molar-refractivity contribution is 5.84. The highest BCUT2D eigenvalue weighted by atomic mass is 16.4. The molecule has 0 aliphatic carbocycles. The van der Waals surface area contributed by atoms with Gasteiger partial charge in [-0.3, -0.25) is 9.89 Å². The second-order valence-electron chi connectivity index (χ2n) is 4.60. The standard InChI is InChI=1S/C12H17N3O3/c1-8-9(7-13-14-8)4-5-11(16)15-6-2-3-10(15)12(17)18/h7,10H,2-6H2,1H3,(H,13,14)(H,17,18)/t10-/m0/s1. The summed E-state index contributed by atoms with van der Waals surface area (Å²) in [7, 11) is 0. The highest BCUT2D eigenvalue weighted by Crippen LogP contribution is 2.19. The zero-order chi connectivity index (χ0) is 13.1. The fourth-order valence-electron chi connectivity index (χ4n) is 2.33. The number of nitrogens with one attached hydrogen (secondary N) is 1. The number of aliphatic carboxylic acids is 1. The van der Waals surface area contributed by atoms with Crippen molar-refractivity contribution < 1.29 is 14.7 Å². The zero-order valence-electron chi connectivity index (χ0n) is 10.3. The average molecular weight is 251 g/mol. The molecule has 2 N–H and O–H groups in total. The Bertz CT molecular complexity index is 455. The number of nitrogens with zero attached hydrogens (tertiary/aromatic N) is 2. The lowest BCUT2D eigenvalue weighted by atomic mass is 10.1. The Morgan fingerprint density at radius 2 is 2.39 bits per heavy atom. The Kier molecular flexibility index (Phi) is 3.64. The van der Waals surface area contributed by atoms with E-state index in [4.69, 9.17) is 5.11 Å². The van der Waals surface area contributed by atoms with Crippen LogP contribution in [-0.4, -0.2) is 44.7 Å². The van der Waals surface area contributed by atoms with Gasteiger partial charge in [-0.1, -0.05) is 0 Å². The predicted molar refractivity (Wildman–Crippen MR) is 64.0 cm³/mol. The van der Waals surface area contributed by atoms with Gasteiger partial charge in [-0.05, 0) is 31.7 Å². The molecule has 1 saturated heterocycles. The monoisotopic (exact) mass is 251 g/mol. The van der Waals surface area contributed by atoms with E-state index < -0.39 is 12.0 Å². The van der Waals surface area contributed by atoms with E-state index in [2.05, 4.69) is 10.2 Å². The molecular formula is C12H17N3O3. The van der Waals surface area contributed by atoms with E-state index in [0.29, 0.717) is 25.8 Å². The third-order valence-electron chi connectivity index (χ3n) is 3.40. The van der Waals surface area contributed by atoms with Crippen LogP contribution in [0.4, 0.5) is 0 Å². The minimum atomic E-state index is -0.902. The summed E-state index contributed by atoms with van der Waals surface area (Å²) in [4.78, 5) is 24.5. The van der Waals surface area contributed by atoms with Gasteiger partial charge in [-0.15, -0.1) is 0 Å². The first kappa shape index (κ1) is 12.6. The summed E-state index contributed by atoms with van der Waals surface area (Å²) in [5.41, 5.74) is 1.97. The van der Waals surface area contributed by atoms with Crippen molar-refractivity contribution in [3.8, 4) is 0 Å². The molecule has 18 heavy (non-hydrogen) atoms. The number of carboxylic acids is 1. The summed E-state index contributed by atoms with van der Waals surface area (Å²) in [6, 6.07) is -0.636. The van der Waals surface area contributed by atoms with Gasteiger partial charge >= 0.3 is 5.97 Å². The van der Waals surface area contributed by atoms with E-state index in [1.165, 1.54) is 4.90 Å². The normalized spacial score (nSPS) is 19.2. The number of rotatable bonds is 4. The van der Waals surface area contributed by atoms with Crippen LogP contribution in [0.3, 0.4) is 0 Å². The van der Waals surface area contributed by atoms with Crippen molar-refractivity contribution >= 4 is 11.9 Å². The second-order valence-corrected chi connectivity index (χ2v) is 4.60. The van der Waals surface area contributed by atoms with Gasteiger partial charge in [0.2, 0.25) is 5.91 Å². The van der Waals surface area contributed by atoms with Crippen molar-refractivity contribution in [3.63, 3.8) is 0 Å². The van der Waals surface area contributed by atoms with Crippen LogP contribution >= 0.6 is 0 Å². The molecule has 0 unspecified atom stereocenters. The maximum atomic E-state index is 12.0.